The van der Waals surface area contributed by atoms with Crippen LogP contribution in [0.15, 0.2) is 54.6 Å². The first kappa shape index (κ1) is 12.8. The van der Waals surface area contributed by atoms with Crippen LogP contribution in [-0.2, 0) is 10.2 Å². The Labute approximate surface area is 118 Å². The standard InChI is InChI=1S/C14H14N2O3S/c17-20(18,15-12-6-2-1-3-7-12)16-10-11-19-14-9-5-4-8-13(14)16/h1-9,15H,10-11H2. The van der Waals surface area contributed by atoms with E-state index in [1.807, 2.05) is 12.1 Å². The molecule has 0 aromatic heterocycles. The number of fused-ring (bicyclic) bond motifs is 1. The largest absolute Gasteiger partial charge is 0.489 e. The Kier molecular flexibility index (Phi) is 3.23. The molecule has 6 heteroatoms. The van der Waals surface area contributed by atoms with Crippen molar-refractivity contribution in [1.82, 2.24) is 0 Å². The second-order valence-corrected chi connectivity index (χ2v) is 5.96. The van der Waals surface area contributed by atoms with Gasteiger partial charge in [-0.25, -0.2) is 4.31 Å². The third-order valence-electron chi connectivity index (χ3n) is 3.00. The highest BCUT2D eigenvalue weighted by atomic mass is 32.2. The van der Waals surface area contributed by atoms with Crippen LogP contribution in [0.4, 0.5) is 11.4 Å². The van der Waals surface area contributed by atoms with Crippen LogP contribution in [0.25, 0.3) is 0 Å². The van der Waals surface area contributed by atoms with Crippen molar-refractivity contribution in [3.8, 4) is 5.75 Å². The first-order valence-electron chi connectivity index (χ1n) is 6.24. The van der Waals surface area contributed by atoms with Crippen molar-refractivity contribution in [3.05, 3.63) is 54.6 Å². The smallest absolute Gasteiger partial charge is 0.324 e. The van der Waals surface area contributed by atoms with E-state index < -0.39 is 10.2 Å². The van der Waals surface area contributed by atoms with Crippen molar-refractivity contribution in [3.63, 3.8) is 0 Å². The highest BCUT2D eigenvalue weighted by Crippen LogP contribution is 2.33. The van der Waals surface area contributed by atoms with Gasteiger partial charge >= 0.3 is 10.2 Å². The summed E-state index contributed by atoms with van der Waals surface area (Å²) in [7, 11) is -3.65. The van der Waals surface area contributed by atoms with Crippen LogP contribution in [0.2, 0.25) is 0 Å². The number of rotatable bonds is 3. The molecule has 2 aromatic rings. The molecule has 0 fully saturated rings. The van der Waals surface area contributed by atoms with Crippen molar-refractivity contribution < 1.29 is 13.2 Å². The molecule has 0 aliphatic carbocycles. The molecule has 0 radical (unpaired) electrons. The normalized spacial score (nSPS) is 14.3. The average Bonchev–Trinajstić information content (AvgIpc) is 2.47. The van der Waals surface area contributed by atoms with Gasteiger partial charge in [0.15, 0.2) is 0 Å². The van der Waals surface area contributed by atoms with Gasteiger partial charge in [-0.1, -0.05) is 30.3 Å². The first-order chi connectivity index (χ1) is 9.67. The zero-order chi connectivity index (χ0) is 14.0. The minimum absolute atomic E-state index is 0.291. The highest BCUT2D eigenvalue weighted by molar-refractivity contribution is 7.94. The van der Waals surface area contributed by atoms with Crippen LogP contribution in [-0.4, -0.2) is 21.6 Å². The average molecular weight is 290 g/mol. The molecule has 0 spiro atoms. The Hall–Kier alpha value is -2.21. The molecule has 0 amide bonds. The Bertz CT molecular complexity index is 701. The van der Waals surface area contributed by atoms with Gasteiger partial charge in [-0.05, 0) is 24.3 Å². The van der Waals surface area contributed by atoms with Gasteiger partial charge in [0.1, 0.15) is 12.4 Å². The molecule has 2 aromatic carbocycles. The van der Waals surface area contributed by atoms with Gasteiger partial charge in [0.05, 0.1) is 17.9 Å². The van der Waals surface area contributed by atoms with Gasteiger partial charge < -0.3 is 4.74 Å². The summed E-state index contributed by atoms with van der Waals surface area (Å²) < 4.78 is 34.3. The summed E-state index contributed by atoms with van der Waals surface area (Å²) in [5.41, 5.74) is 1.10. The molecular weight excluding hydrogens is 276 g/mol. The molecule has 1 heterocycles. The monoisotopic (exact) mass is 290 g/mol. The lowest BCUT2D eigenvalue weighted by Crippen LogP contribution is -2.41. The van der Waals surface area contributed by atoms with Crippen molar-refractivity contribution >= 4 is 21.6 Å². The van der Waals surface area contributed by atoms with E-state index in [1.165, 1.54) is 4.31 Å². The maximum absolute atomic E-state index is 12.5. The van der Waals surface area contributed by atoms with Gasteiger partial charge in [-0.15, -0.1) is 0 Å². The minimum atomic E-state index is -3.65. The first-order valence-corrected chi connectivity index (χ1v) is 7.68. The number of nitrogens with one attached hydrogen (secondary N) is 1. The topological polar surface area (TPSA) is 58.6 Å². The van der Waals surface area contributed by atoms with E-state index in [9.17, 15) is 8.42 Å². The fraction of sp³-hybridized carbons (Fsp3) is 0.143. The van der Waals surface area contributed by atoms with E-state index in [2.05, 4.69) is 4.72 Å². The third kappa shape index (κ3) is 2.42. The molecule has 0 saturated carbocycles. The van der Waals surface area contributed by atoms with E-state index in [-0.39, 0.29) is 0 Å². The summed E-state index contributed by atoms with van der Waals surface area (Å²) in [6, 6.07) is 15.9. The maximum atomic E-state index is 12.5. The predicted molar refractivity (Wildman–Crippen MR) is 78.3 cm³/mol. The molecule has 5 nitrogen and oxygen atoms in total. The van der Waals surface area contributed by atoms with E-state index in [4.69, 9.17) is 4.74 Å². The fourth-order valence-electron chi connectivity index (χ4n) is 2.10. The molecular formula is C14H14N2O3S. The van der Waals surface area contributed by atoms with Crippen LogP contribution in [0.3, 0.4) is 0 Å². The quantitative estimate of drug-likeness (QED) is 0.943. The van der Waals surface area contributed by atoms with Gasteiger partial charge in [-0.2, -0.15) is 8.42 Å². The highest BCUT2D eigenvalue weighted by Gasteiger charge is 2.28. The number of hydrogen-bond donors (Lipinski definition) is 1. The lowest BCUT2D eigenvalue weighted by Gasteiger charge is -2.30. The Morgan fingerprint density at radius 3 is 2.50 bits per heavy atom. The number of benzene rings is 2. The zero-order valence-electron chi connectivity index (χ0n) is 10.7. The van der Waals surface area contributed by atoms with E-state index in [0.29, 0.717) is 30.3 Å². The van der Waals surface area contributed by atoms with Crippen LogP contribution in [0, 0.1) is 0 Å². The lowest BCUT2D eigenvalue weighted by atomic mass is 10.2. The van der Waals surface area contributed by atoms with Crippen molar-refractivity contribution in [1.29, 1.82) is 0 Å². The Morgan fingerprint density at radius 1 is 1.00 bits per heavy atom. The van der Waals surface area contributed by atoms with Crippen molar-refractivity contribution in [2.45, 2.75) is 0 Å². The fourth-order valence-corrected chi connectivity index (χ4v) is 3.37. The van der Waals surface area contributed by atoms with Crippen LogP contribution in [0.1, 0.15) is 0 Å². The molecule has 1 aliphatic heterocycles. The summed E-state index contributed by atoms with van der Waals surface area (Å²) in [4.78, 5) is 0. The summed E-state index contributed by atoms with van der Waals surface area (Å²) in [5.74, 6) is 0.581. The number of anilines is 2. The van der Waals surface area contributed by atoms with Crippen molar-refractivity contribution in [2.24, 2.45) is 0 Å². The van der Waals surface area contributed by atoms with E-state index in [1.54, 1.807) is 42.5 Å². The molecule has 20 heavy (non-hydrogen) atoms. The number of ether oxygens (including phenoxy) is 1. The van der Waals surface area contributed by atoms with Gasteiger partial charge in [0.2, 0.25) is 0 Å². The summed E-state index contributed by atoms with van der Waals surface area (Å²) in [6.07, 6.45) is 0. The Balaban J connectivity index is 1.93. The van der Waals surface area contributed by atoms with Crippen LogP contribution < -0.4 is 13.8 Å². The van der Waals surface area contributed by atoms with Gasteiger partial charge in [0.25, 0.3) is 0 Å². The predicted octanol–water partition coefficient (Wildman–Crippen LogP) is 2.24. The van der Waals surface area contributed by atoms with Gasteiger partial charge in [-0.3, -0.25) is 4.72 Å². The summed E-state index contributed by atoms with van der Waals surface area (Å²) in [5, 5.41) is 0. The number of hydrogen-bond acceptors (Lipinski definition) is 3. The SMILES string of the molecule is O=S(=O)(Nc1ccccc1)N1CCOc2ccccc21. The molecule has 0 saturated heterocycles. The molecule has 0 atom stereocenters. The third-order valence-corrected chi connectivity index (χ3v) is 4.45. The minimum Gasteiger partial charge on any atom is -0.489 e. The molecule has 104 valence electrons. The molecule has 0 unspecified atom stereocenters. The van der Waals surface area contributed by atoms with Crippen LogP contribution >= 0.6 is 0 Å². The maximum Gasteiger partial charge on any atom is 0.324 e. The zero-order valence-corrected chi connectivity index (χ0v) is 11.5. The number of nitrogens with zero attached hydrogens (tertiary/aromatic N) is 1. The van der Waals surface area contributed by atoms with Gasteiger partial charge in [0, 0.05) is 0 Å². The summed E-state index contributed by atoms with van der Waals surface area (Å²) in [6.45, 7) is 0.631. The molecule has 3 rings (SSSR count). The molecule has 1 N–H and O–H groups in total. The molecule has 1 aliphatic rings. The lowest BCUT2D eigenvalue weighted by molar-refractivity contribution is 0.316. The number of para-hydroxylation sites is 3. The second kappa shape index (κ2) is 5.05. The van der Waals surface area contributed by atoms with E-state index >= 15 is 0 Å². The van der Waals surface area contributed by atoms with Crippen LogP contribution in [0.5, 0.6) is 5.75 Å². The van der Waals surface area contributed by atoms with Crippen molar-refractivity contribution in [2.75, 3.05) is 22.2 Å². The second-order valence-electron chi connectivity index (χ2n) is 4.36. The molecule has 0 bridgehead atoms. The Morgan fingerprint density at radius 2 is 1.70 bits per heavy atom. The van der Waals surface area contributed by atoms with E-state index in [0.717, 1.165) is 0 Å². The summed E-state index contributed by atoms with van der Waals surface area (Å²) >= 11 is 0.